The lowest BCUT2D eigenvalue weighted by Crippen LogP contribution is -2.41. The number of carbonyl (C=O) groups excluding carboxylic acids is 2. The van der Waals surface area contributed by atoms with Gasteiger partial charge in [-0.15, -0.1) is 0 Å². The van der Waals surface area contributed by atoms with Crippen molar-refractivity contribution in [2.45, 2.75) is 19.0 Å². The zero-order chi connectivity index (χ0) is 23.5. The number of rotatable bonds is 5. The van der Waals surface area contributed by atoms with Gasteiger partial charge in [-0.1, -0.05) is 11.6 Å². The van der Waals surface area contributed by atoms with Crippen LogP contribution in [0.4, 0.5) is 18.9 Å². The van der Waals surface area contributed by atoms with Crippen LogP contribution in [0.1, 0.15) is 28.8 Å². The molecule has 1 N–H and O–H groups in total. The first-order valence-electron chi connectivity index (χ1n) is 9.83. The summed E-state index contributed by atoms with van der Waals surface area (Å²) in [6, 6.07) is 7.24. The molecule has 2 aromatic carbocycles. The first-order chi connectivity index (χ1) is 15.1. The Morgan fingerprint density at radius 2 is 1.62 bits per heavy atom. The molecule has 172 valence electrons. The number of hydrogen-bond acceptors (Lipinski definition) is 4. The molecule has 1 aliphatic heterocycles. The van der Waals surface area contributed by atoms with Crippen molar-refractivity contribution in [1.29, 1.82) is 0 Å². The lowest BCUT2D eigenvalue weighted by Gasteiger charge is -2.31. The summed E-state index contributed by atoms with van der Waals surface area (Å²) in [6.45, 7) is 0.637. The smallest absolute Gasteiger partial charge is 0.416 e. The number of nitrogens with zero attached hydrogens (tertiary/aromatic N) is 1. The first kappa shape index (κ1) is 23.7. The monoisotopic (exact) mass is 470 g/mol. The Labute approximate surface area is 188 Å². The van der Waals surface area contributed by atoms with Crippen LogP contribution in [0, 0.1) is 5.92 Å². The van der Waals surface area contributed by atoms with Gasteiger partial charge in [0.05, 0.1) is 30.5 Å². The van der Waals surface area contributed by atoms with Gasteiger partial charge in [0.25, 0.3) is 5.91 Å². The Kier molecular flexibility index (Phi) is 7.18. The van der Waals surface area contributed by atoms with Crippen LogP contribution in [-0.2, 0) is 11.0 Å². The summed E-state index contributed by atoms with van der Waals surface area (Å²) < 4.78 is 48.6. The summed E-state index contributed by atoms with van der Waals surface area (Å²) in [5, 5.41) is 3.16. The van der Waals surface area contributed by atoms with Crippen molar-refractivity contribution in [1.82, 2.24) is 4.90 Å². The zero-order valence-electron chi connectivity index (χ0n) is 17.5. The number of piperidine rings is 1. The molecule has 0 bridgehead atoms. The van der Waals surface area contributed by atoms with Crippen molar-refractivity contribution in [2.24, 2.45) is 5.92 Å². The molecule has 1 saturated heterocycles. The molecule has 3 rings (SSSR count). The molecule has 10 heteroatoms. The summed E-state index contributed by atoms with van der Waals surface area (Å²) >= 11 is 6.08. The van der Waals surface area contributed by atoms with Crippen molar-refractivity contribution >= 4 is 29.1 Å². The molecule has 0 aliphatic carbocycles. The van der Waals surface area contributed by atoms with Gasteiger partial charge in [-0.2, -0.15) is 13.2 Å². The molecule has 0 atom stereocenters. The van der Waals surface area contributed by atoms with E-state index in [4.69, 9.17) is 21.1 Å². The second-order valence-electron chi connectivity index (χ2n) is 7.32. The maximum atomic E-state index is 12.7. The number of carbonyl (C=O) groups is 2. The van der Waals surface area contributed by atoms with Gasteiger partial charge >= 0.3 is 6.18 Å². The molecular weight excluding hydrogens is 449 g/mol. The summed E-state index contributed by atoms with van der Waals surface area (Å²) in [5.41, 5.74) is -0.209. The van der Waals surface area contributed by atoms with E-state index in [1.165, 1.54) is 31.3 Å². The molecule has 32 heavy (non-hydrogen) atoms. The molecule has 0 unspecified atom stereocenters. The minimum atomic E-state index is -4.45. The maximum Gasteiger partial charge on any atom is 0.416 e. The fourth-order valence-electron chi connectivity index (χ4n) is 3.52. The molecule has 2 amide bonds. The normalized spacial score (nSPS) is 14.8. The van der Waals surface area contributed by atoms with E-state index in [0.717, 1.165) is 12.1 Å². The van der Waals surface area contributed by atoms with E-state index in [2.05, 4.69) is 5.32 Å². The predicted molar refractivity (Wildman–Crippen MR) is 113 cm³/mol. The number of hydrogen-bond donors (Lipinski definition) is 1. The van der Waals surface area contributed by atoms with Crippen molar-refractivity contribution in [3.8, 4) is 11.5 Å². The van der Waals surface area contributed by atoms with Crippen LogP contribution in [0.25, 0.3) is 0 Å². The van der Waals surface area contributed by atoms with Crippen molar-refractivity contribution in [3.63, 3.8) is 0 Å². The van der Waals surface area contributed by atoms with Gasteiger partial charge in [0.1, 0.15) is 11.5 Å². The minimum absolute atomic E-state index is 0.180. The van der Waals surface area contributed by atoms with Gasteiger partial charge in [-0.05, 0) is 37.1 Å². The molecule has 0 spiro atoms. The van der Waals surface area contributed by atoms with Gasteiger partial charge in [-0.25, -0.2) is 0 Å². The number of benzene rings is 2. The second kappa shape index (κ2) is 9.68. The van der Waals surface area contributed by atoms with Crippen molar-refractivity contribution < 1.29 is 32.2 Å². The molecular formula is C22H22ClF3N2O4. The van der Waals surface area contributed by atoms with E-state index in [0.29, 0.717) is 48.1 Å². The highest BCUT2D eigenvalue weighted by Crippen LogP contribution is 2.36. The Hall–Kier alpha value is -2.94. The highest BCUT2D eigenvalue weighted by molar-refractivity contribution is 6.32. The number of alkyl halides is 3. The third-order valence-electron chi connectivity index (χ3n) is 5.34. The molecule has 2 aromatic rings. The van der Waals surface area contributed by atoms with Crippen LogP contribution < -0.4 is 14.8 Å². The average molecular weight is 471 g/mol. The number of amides is 2. The third-order valence-corrected chi connectivity index (χ3v) is 5.64. The highest BCUT2D eigenvalue weighted by Gasteiger charge is 2.31. The van der Waals surface area contributed by atoms with E-state index >= 15 is 0 Å². The number of halogens is 4. The van der Waals surface area contributed by atoms with Gasteiger partial charge in [0.2, 0.25) is 5.91 Å². The molecule has 0 saturated carbocycles. The first-order valence-corrected chi connectivity index (χ1v) is 10.2. The predicted octanol–water partition coefficient (Wildman–Crippen LogP) is 4.87. The largest absolute Gasteiger partial charge is 0.495 e. The molecule has 0 aromatic heterocycles. The number of nitrogens with one attached hydrogen (secondary N) is 1. The Bertz CT molecular complexity index is 988. The van der Waals surface area contributed by atoms with E-state index in [1.807, 2.05) is 0 Å². The van der Waals surface area contributed by atoms with E-state index in [-0.39, 0.29) is 23.3 Å². The maximum absolute atomic E-state index is 12.7. The van der Waals surface area contributed by atoms with Crippen LogP contribution in [0.3, 0.4) is 0 Å². The number of anilines is 1. The summed E-state index contributed by atoms with van der Waals surface area (Å²) in [4.78, 5) is 26.9. The van der Waals surface area contributed by atoms with Crippen LogP contribution in [0.2, 0.25) is 5.02 Å². The fraction of sp³-hybridized carbons (Fsp3) is 0.364. The van der Waals surface area contributed by atoms with E-state index in [1.54, 1.807) is 12.1 Å². The topological polar surface area (TPSA) is 67.9 Å². The molecule has 1 aliphatic rings. The summed E-state index contributed by atoms with van der Waals surface area (Å²) in [6.07, 6.45) is -3.61. The lowest BCUT2D eigenvalue weighted by atomic mass is 9.95. The van der Waals surface area contributed by atoms with Crippen LogP contribution in [0.15, 0.2) is 36.4 Å². The average Bonchev–Trinajstić information content (AvgIpc) is 2.79. The summed E-state index contributed by atoms with van der Waals surface area (Å²) in [7, 11) is 2.92. The van der Waals surface area contributed by atoms with Crippen LogP contribution >= 0.6 is 11.6 Å². The number of ether oxygens (including phenoxy) is 2. The molecule has 0 radical (unpaired) electrons. The van der Waals surface area contributed by atoms with Gasteiger partial charge in [0, 0.05) is 36.7 Å². The highest BCUT2D eigenvalue weighted by atomic mass is 35.5. The SMILES string of the molecule is COc1cc(NC(=O)C2CCN(C(=O)c3ccc(C(F)(F)F)cc3)CC2)c(OC)cc1Cl. The molecule has 1 heterocycles. The zero-order valence-corrected chi connectivity index (χ0v) is 18.2. The lowest BCUT2D eigenvalue weighted by molar-refractivity contribution is -0.137. The van der Waals surface area contributed by atoms with Gasteiger partial charge < -0.3 is 19.7 Å². The fourth-order valence-corrected chi connectivity index (χ4v) is 3.75. The van der Waals surface area contributed by atoms with Crippen molar-refractivity contribution in [2.75, 3.05) is 32.6 Å². The van der Waals surface area contributed by atoms with E-state index in [9.17, 15) is 22.8 Å². The van der Waals surface area contributed by atoms with E-state index < -0.39 is 11.7 Å². The summed E-state index contributed by atoms with van der Waals surface area (Å²) in [5.74, 6) is -0.146. The standard InChI is InChI=1S/C22H22ClF3N2O4/c1-31-18-12-17(19(32-2)11-16(18)23)27-20(29)13-7-9-28(10-8-13)21(30)14-3-5-15(6-4-14)22(24,25)26/h3-6,11-13H,7-10H2,1-2H3,(H,27,29). The van der Waals surface area contributed by atoms with Crippen molar-refractivity contribution in [3.05, 3.63) is 52.5 Å². The number of methoxy groups -OCH3 is 2. The third kappa shape index (κ3) is 5.27. The molecule has 1 fully saturated rings. The van der Waals surface area contributed by atoms with Gasteiger partial charge in [-0.3, -0.25) is 9.59 Å². The Balaban J connectivity index is 1.61. The van der Waals surface area contributed by atoms with Gasteiger partial charge in [0.15, 0.2) is 0 Å². The van der Waals surface area contributed by atoms with Crippen LogP contribution in [-0.4, -0.2) is 44.0 Å². The molecule has 6 nitrogen and oxygen atoms in total. The Morgan fingerprint density at radius 3 is 2.16 bits per heavy atom. The minimum Gasteiger partial charge on any atom is -0.495 e. The Morgan fingerprint density at radius 1 is 1.03 bits per heavy atom. The quantitative estimate of drug-likeness (QED) is 0.677. The second-order valence-corrected chi connectivity index (χ2v) is 7.73. The van der Waals surface area contributed by atoms with Crippen LogP contribution in [0.5, 0.6) is 11.5 Å². The number of likely N-dealkylation sites (tertiary alicyclic amines) is 1.